The SMILES string of the molecule is CCNCC(C)NCCn1cnc2ccccc21. The van der Waals surface area contributed by atoms with Crippen LogP contribution in [-0.4, -0.2) is 35.2 Å². The average Bonchev–Trinajstić information content (AvgIpc) is 2.80. The Morgan fingerprint density at radius 3 is 3.00 bits per heavy atom. The molecule has 18 heavy (non-hydrogen) atoms. The van der Waals surface area contributed by atoms with Crippen LogP contribution in [0.25, 0.3) is 11.0 Å². The quantitative estimate of drug-likeness (QED) is 0.780. The van der Waals surface area contributed by atoms with Crippen LogP contribution in [-0.2, 0) is 6.54 Å². The van der Waals surface area contributed by atoms with Crippen LogP contribution in [0.3, 0.4) is 0 Å². The van der Waals surface area contributed by atoms with Crippen molar-refractivity contribution in [3.05, 3.63) is 30.6 Å². The number of nitrogens with one attached hydrogen (secondary N) is 2. The molecule has 4 heteroatoms. The highest BCUT2D eigenvalue weighted by Gasteiger charge is 2.02. The molecule has 98 valence electrons. The number of nitrogens with zero attached hydrogens (tertiary/aromatic N) is 2. The van der Waals surface area contributed by atoms with Crippen molar-refractivity contribution in [3.63, 3.8) is 0 Å². The number of rotatable bonds is 7. The molecule has 4 nitrogen and oxygen atoms in total. The first-order valence-electron chi connectivity index (χ1n) is 6.65. The number of likely N-dealkylation sites (N-methyl/N-ethyl adjacent to an activating group) is 1. The van der Waals surface area contributed by atoms with Crippen molar-refractivity contribution in [1.82, 2.24) is 20.2 Å². The van der Waals surface area contributed by atoms with Crippen molar-refractivity contribution in [2.24, 2.45) is 0 Å². The number of aromatic nitrogens is 2. The Labute approximate surface area is 108 Å². The first-order valence-corrected chi connectivity index (χ1v) is 6.65. The zero-order chi connectivity index (χ0) is 12.8. The zero-order valence-corrected chi connectivity index (χ0v) is 11.2. The van der Waals surface area contributed by atoms with Crippen LogP contribution in [0.2, 0.25) is 0 Å². The van der Waals surface area contributed by atoms with E-state index in [4.69, 9.17) is 0 Å². The van der Waals surface area contributed by atoms with Crippen molar-refractivity contribution in [2.45, 2.75) is 26.4 Å². The summed E-state index contributed by atoms with van der Waals surface area (Å²) in [6, 6.07) is 8.75. The van der Waals surface area contributed by atoms with Crippen LogP contribution in [0.4, 0.5) is 0 Å². The van der Waals surface area contributed by atoms with Gasteiger partial charge in [0.05, 0.1) is 17.4 Å². The Bertz CT molecular complexity index is 477. The maximum Gasteiger partial charge on any atom is 0.0958 e. The second-order valence-corrected chi connectivity index (χ2v) is 4.59. The summed E-state index contributed by atoms with van der Waals surface area (Å²) in [7, 11) is 0. The number of hydrogen-bond acceptors (Lipinski definition) is 3. The fourth-order valence-corrected chi connectivity index (χ4v) is 2.05. The highest BCUT2D eigenvalue weighted by atomic mass is 15.1. The summed E-state index contributed by atoms with van der Waals surface area (Å²) in [4.78, 5) is 4.39. The van der Waals surface area contributed by atoms with E-state index in [9.17, 15) is 0 Å². The van der Waals surface area contributed by atoms with Gasteiger partial charge in [-0.25, -0.2) is 4.98 Å². The molecule has 1 aromatic carbocycles. The highest BCUT2D eigenvalue weighted by Crippen LogP contribution is 2.10. The van der Waals surface area contributed by atoms with E-state index in [0.29, 0.717) is 6.04 Å². The Hall–Kier alpha value is -1.39. The van der Waals surface area contributed by atoms with Gasteiger partial charge in [0.1, 0.15) is 0 Å². The summed E-state index contributed by atoms with van der Waals surface area (Å²) in [5.41, 5.74) is 2.27. The van der Waals surface area contributed by atoms with Gasteiger partial charge in [-0.3, -0.25) is 0 Å². The summed E-state index contributed by atoms with van der Waals surface area (Å²) in [5, 5.41) is 6.85. The van der Waals surface area contributed by atoms with Crippen LogP contribution in [0.1, 0.15) is 13.8 Å². The molecule has 0 amide bonds. The summed E-state index contributed by atoms with van der Waals surface area (Å²) in [5.74, 6) is 0. The molecule has 0 bridgehead atoms. The molecule has 2 aromatic rings. The average molecular weight is 246 g/mol. The minimum absolute atomic E-state index is 0.500. The van der Waals surface area contributed by atoms with E-state index in [-0.39, 0.29) is 0 Å². The lowest BCUT2D eigenvalue weighted by Gasteiger charge is -2.14. The highest BCUT2D eigenvalue weighted by molar-refractivity contribution is 5.74. The third-order valence-corrected chi connectivity index (χ3v) is 3.07. The van der Waals surface area contributed by atoms with Crippen molar-refractivity contribution < 1.29 is 0 Å². The van der Waals surface area contributed by atoms with Gasteiger partial charge in [0.15, 0.2) is 0 Å². The second-order valence-electron chi connectivity index (χ2n) is 4.59. The second kappa shape index (κ2) is 6.52. The molecule has 0 radical (unpaired) electrons. The fourth-order valence-electron chi connectivity index (χ4n) is 2.05. The lowest BCUT2D eigenvalue weighted by molar-refractivity contribution is 0.490. The van der Waals surface area contributed by atoms with E-state index in [1.165, 1.54) is 5.52 Å². The molecule has 1 atom stereocenters. The molecule has 2 N–H and O–H groups in total. The van der Waals surface area contributed by atoms with Gasteiger partial charge in [-0.2, -0.15) is 0 Å². The van der Waals surface area contributed by atoms with Crippen molar-refractivity contribution >= 4 is 11.0 Å². The van der Waals surface area contributed by atoms with Gasteiger partial charge in [0.2, 0.25) is 0 Å². The maximum absolute atomic E-state index is 4.39. The largest absolute Gasteiger partial charge is 0.329 e. The number of para-hydroxylation sites is 2. The van der Waals surface area contributed by atoms with Crippen molar-refractivity contribution in [2.75, 3.05) is 19.6 Å². The van der Waals surface area contributed by atoms with Crippen molar-refractivity contribution in [3.8, 4) is 0 Å². The van der Waals surface area contributed by atoms with E-state index in [1.54, 1.807) is 0 Å². The Balaban J connectivity index is 1.83. The van der Waals surface area contributed by atoms with Gasteiger partial charge in [-0.15, -0.1) is 0 Å². The molecule has 0 spiro atoms. The van der Waals surface area contributed by atoms with Gasteiger partial charge >= 0.3 is 0 Å². The Morgan fingerprint density at radius 1 is 1.33 bits per heavy atom. The van der Waals surface area contributed by atoms with Gasteiger partial charge in [-0.05, 0) is 25.6 Å². The van der Waals surface area contributed by atoms with E-state index in [0.717, 1.165) is 31.7 Å². The standard InChI is InChI=1S/C14H22N4/c1-3-15-10-12(2)16-8-9-18-11-17-13-6-4-5-7-14(13)18/h4-7,11-12,15-16H,3,8-10H2,1-2H3. The lowest BCUT2D eigenvalue weighted by Crippen LogP contribution is -2.37. The predicted octanol–water partition coefficient (Wildman–Crippen LogP) is 1.62. The van der Waals surface area contributed by atoms with E-state index in [2.05, 4.69) is 46.2 Å². The first-order chi connectivity index (χ1) is 8.81. The lowest BCUT2D eigenvalue weighted by atomic mass is 10.3. The van der Waals surface area contributed by atoms with Crippen LogP contribution in [0, 0.1) is 0 Å². The number of hydrogen-bond donors (Lipinski definition) is 2. The number of imidazole rings is 1. The molecule has 0 aliphatic rings. The summed E-state index contributed by atoms with van der Waals surface area (Å²) >= 11 is 0. The fraction of sp³-hybridized carbons (Fsp3) is 0.500. The summed E-state index contributed by atoms with van der Waals surface area (Å²) < 4.78 is 2.20. The topological polar surface area (TPSA) is 41.9 Å². The normalized spacial score (nSPS) is 13.0. The van der Waals surface area contributed by atoms with E-state index < -0.39 is 0 Å². The molecular weight excluding hydrogens is 224 g/mol. The zero-order valence-electron chi connectivity index (χ0n) is 11.2. The van der Waals surface area contributed by atoms with Gasteiger partial charge < -0.3 is 15.2 Å². The van der Waals surface area contributed by atoms with E-state index >= 15 is 0 Å². The molecule has 0 saturated carbocycles. The van der Waals surface area contributed by atoms with Crippen LogP contribution in [0.5, 0.6) is 0 Å². The van der Waals surface area contributed by atoms with Crippen LogP contribution in [0.15, 0.2) is 30.6 Å². The van der Waals surface area contributed by atoms with Gasteiger partial charge in [0.25, 0.3) is 0 Å². The molecule has 0 aliphatic carbocycles. The molecule has 1 aromatic heterocycles. The minimum Gasteiger partial charge on any atom is -0.329 e. The minimum atomic E-state index is 0.500. The predicted molar refractivity (Wildman–Crippen MR) is 75.7 cm³/mol. The molecule has 0 fully saturated rings. The van der Waals surface area contributed by atoms with E-state index in [1.807, 2.05) is 18.5 Å². The molecule has 1 unspecified atom stereocenters. The Kier molecular flexibility index (Phi) is 4.73. The Morgan fingerprint density at radius 2 is 2.17 bits per heavy atom. The first kappa shape index (κ1) is 13.1. The summed E-state index contributed by atoms with van der Waals surface area (Å²) in [6.45, 7) is 8.29. The molecule has 0 saturated heterocycles. The third kappa shape index (κ3) is 3.31. The molecule has 1 heterocycles. The molecular formula is C14H22N4. The number of fused-ring (bicyclic) bond motifs is 1. The maximum atomic E-state index is 4.39. The van der Waals surface area contributed by atoms with Crippen LogP contribution < -0.4 is 10.6 Å². The smallest absolute Gasteiger partial charge is 0.0958 e. The number of benzene rings is 1. The van der Waals surface area contributed by atoms with Gasteiger partial charge in [0, 0.05) is 25.7 Å². The van der Waals surface area contributed by atoms with Crippen LogP contribution >= 0.6 is 0 Å². The molecule has 0 aliphatic heterocycles. The summed E-state index contributed by atoms with van der Waals surface area (Å²) in [6.07, 6.45) is 1.92. The molecule has 2 rings (SSSR count). The third-order valence-electron chi connectivity index (χ3n) is 3.07. The van der Waals surface area contributed by atoms with Crippen molar-refractivity contribution in [1.29, 1.82) is 0 Å². The van der Waals surface area contributed by atoms with Gasteiger partial charge in [-0.1, -0.05) is 19.1 Å². The monoisotopic (exact) mass is 246 g/mol.